The van der Waals surface area contributed by atoms with Crippen LogP contribution in [0, 0.1) is 0 Å². The Hall–Kier alpha value is -1.20. The minimum absolute atomic E-state index is 0.312. The number of hydrogen-bond acceptors (Lipinski definition) is 4. The molecular formula is C10H11ClN4O. The summed E-state index contributed by atoms with van der Waals surface area (Å²) in [7, 11) is 0. The molecule has 2 aromatic rings. The van der Waals surface area contributed by atoms with E-state index in [2.05, 4.69) is 15.2 Å². The van der Waals surface area contributed by atoms with Gasteiger partial charge in [-0.25, -0.2) is 4.98 Å². The van der Waals surface area contributed by atoms with Crippen molar-refractivity contribution in [3.05, 3.63) is 23.4 Å². The van der Waals surface area contributed by atoms with Crippen LogP contribution in [0.25, 0.3) is 5.65 Å². The topological polar surface area (TPSA) is 52.3 Å². The van der Waals surface area contributed by atoms with E-state index in [0.29, 0.717) is 17.7 Å². The van der Waals surface area contributed by atoms with E-state index in [1.165, 1.54) is 0 Å². The van der Waals surface area contributed by atoms with Gasteiger partial charge in [0.15, 0.2) is 5.65 Å². The van der Waals surface area contributed by atoms with Gasteiger partial charge < -0.3 is 4.74 Å². The zero-order chi connectivity index (χ0) is 11.0. The number of aromatic nitrogens is 4. The standard InChI is InChI=1S/C10H11ClN4O/c11-8-4-9-13-14-10(15(9)6-12-8)7-2-1-3-16-5-7/h4,6-7H,1-3,5H2. The van der Waals surface area contributed by atoms with E-state index in [4.69, 9.17) is 16.3 Å². The first kappa shape index (κ1) is 9.99. The van der Waals surface area contributed by atoms with E-state index in [0.717, 1.165) is 30.9 Å². The highest BCUT2D eigenvalue weighted by Crippen LogP contribution is 2.24. The van der Waals surface area contributed by atoms with E-state index in [1.54, 1.807) is 12.4 Å². The molecule has 1 atom stereocenters. The van der Waals surface area contributed by atoms with Crippen molar-refractivity contribution < 1.29 is 4.74 Å². The van der Waals surface area contributed by atoms with Crippen LogP contribution in [0.4, 0.5) is 0 Å². The first-order valence-corrected chi connectivity index (χ1v) is 5.66. The Morgan fingerprint density at radius 2 is 2.38 bits per heavy atom. The second-order valence-electron chi connectivity index (χ2n) is 3.91. The monoisotopic (exact) mass is 238 g/mol. The van der Waals surface area contributed by atoms with Gasteiger partial charge in [0.05, 0.1) is 6.61 Å². The van der Waals surface area contributed by atoms with Crippen LogP contribution in [0.2, 0.25) is 5.15 Å². The van der Waals surface area contributed by atoms with Gasteiger partial charge in [-0.15, -0.1) is 10.2 Å². The van der Waals surface area contributed by atoms with Gasteiger partial charge in [-0.05, 0) is 12.8 Å². The third kappa shape index (κ3) is 1.66. The Bertz CT molecular complexity index is 506. The third-order valence-electron chi connectivity index (χ3n) is 2.82. The minimum atomic E-state index is 0.312. The summed E-state index contributed by atoms with van der Waals surface area (Å²) in [6.07, 6.45) is 3.83. The molecule has 1 unspecified atom stereocenters. The quantitative estimate of drug-likeness (QED) is 0.710. The molecule has 0 N–H and O–H groups in total. The molecule has 0 aliphatic carbocycles. The van der Waals surface area contributed by atoms with Gasteiger partial charge in [0.25, 0.3) is 0 Å². The molecule has 1 saturated heterocycles. The van der Waals surface area contributed by atoms with Crippen molar-refractivity contribution in [3.8, 4) is 0 Å². The summed E-state index contributed by atoms with van der Waals surface area (Å²) < 4.78 is 7.33. The molecule has 1 aliphatic heterocycles. The number of hydrogen-bond donors (Lipinski definition) is 0. The van der Waals surface area contributed by atoms with Crippen LogP contribution >= 0.6 is 11.6 Å². The summed E-state index contributed by atoms with van der Waals surface area (Å²) in [5.41, 5.74) is 0.737. The minimum Gasteiger partial charge on any atom is -0.381 e. The molecule has 0 aromatic carbocycles. The Morgan fingerprint density at radius 3 is 3.19 bits per heavy atom. The van der Waals surface area contributed by atoms with Gasteiger partial charge >= 0.3 is 0 Å². The number of rotatable bonds is 1. The summed E-state index contributed by atoms with van der Waals surface area (Å²) >= 11 is 5.80. The fourth-order valence-corrected chi connectivity index (χ4v) is 2.15. The molecule has 0 spiro atoms. The van der Waals surface area contributed by atoms with Crippen LogP contribution in [-0.4, -0.2) is 32.8 Å². The SMILES string of the molecule is Clc1cc2nnc(C3CCCOC3)n2cn1. The normalized spacial score (nSPS) is 21.4. The highest BCUT2D eigenvalue weighted by atomic mass is 35.5. The van der Waals surface area contributed by atoms with Crippen LogP contribution in [-0.2, 0) is 4.74 Å². The molecule has 0 radical (unpaired) electrons. The van der Waals surface area contributed by atoms with Crippen molar-refractivity contribution in [1.29, 1.82) is 0 Å². The summed E-state index contributed by atoms with van der Waals surface area (Å²) in [5, 5.41) is 8.72. The molecule has 16 heavy (non-hydrogen) atoms. The van der Waals surface area contributed by atoms with Crippen molar-refractivity contribution in [2.45, 2.75) is 18.8 Å². The Balaban J connectivity index is 2.03. The largest absolute Gasteiger partial charge is 0.381 e. The van der Waals surface area contributed by atoms with Gasteiger partial charge in [-0.2, -0.15) is 0 Å². The predicted molar refractivity (Wildman–Crippen MR) is 58.6 cm³/mol. The molecule has 84 valence electrons. The summed E-state index contributed by atoms with van der Waals surface area (Å²) in [5.74, 6) is 1.23. The van der Waals surface area contributed by atoms with Crippen molar-refractivity contribution in [3.63, 3.8) is 0 Å². The van der Waals surface area contributed by atoms with E-state index in [9.17, 15) is 0 Å². The number of fused-ring (bicyclic) bond motifs is 1. The number of ether oxygens (including phenoxy) is 1. The molecule has 3 rings (SSSR count). The van der Waals surface area contributed by atoms with E-state index in [1.807, 2.05) is 4.40 Å². The molecule has 0 bridgehead atoms. The van der Waals surface area contributed by atoms with E-state index in [-0.39, 0.29) is 0 Å². The van der Waals surface area contributed by atoms with Gasteiger partial charge in [0, 0.05) is 18.6 Å². The molecule has 1 fully saturated rings. The fraction of sp³-hybridized carbons (Fsp3) is 0.500. The molecule has 2 aromatic heterocycles. The van der Waals surface area contributed by atoms with Crippen LogP contribution < -0.4 is 0 Å². The van der Waals surface area contributed by atoms with Crippen LogP contribution in [0.1, 0.15) is 24.6 Å². The maximum atomic E-state index is 5.80. The average molecular weight is 239 g/mol. The van der Waals surface area contributed by atoms with Crippen molar-refractivity contribution in [2.24, 2.45) is 0 Å². The van der Waals surface area contributed by atoms with E-state index >= 15 is 0 Å². The number of nitrogens with zero attached hydrogens (tertiary/aromatic N) is 4. The Morgan fingerprint density at radius 1 is 1.44 bits per heavy atom. The van der Waals surface area contributed by atoms with Crippen molar-refractivity contribution in [2.75, 3.05) is 13.2 Å². The molecule has 6 heteroatoms. The second kappa shape index (κ2) is 3.99. The second-order valence-corrected chi connectivity index (χ2v) is 4.30. The molecule has 0 saturated carbocycles. The summed E-state index contributed by atoms with van der Waals surface area (Å²) in [6, 6.07) is 1.71. The first-order chi connectivity index (χ1) is 7.84. The van der Waals surface area contributed by atoms with Crippen molar-refractivity contribution in [1.82, 2.24) is 19.6 Å². The van der Waals surface area contributed by atoms with Crippen LogP contribution in [0.5, 0.6) is 0 Å². The van der Waals surface area contributed by atoms with E-state index < -0.39 is 0 Å². The zero-order valence-electron chi connectivity index (χ0n) is 8.64. The molecule has 5 nitrogen and oxygen atoms in total. The van der Waals surface area contributed by atoms with Gasteiger partial charge in [0.2, 0.25) is 0 Å². The van der Waals surface area contributed by atoms with Gasteiger partial charge in [0.1, 0.15) is 17.3 Å². The summed E-state index contributed by atoms with van der Waals surface area (Å²) in [6.45, 7) is 1.56. The molecule has 3 heterocycles. The maximum Gasteiger partial charge on any atom is 0.165 e. The molecule has 1 aliphatic rings. The zero-order valence-corrected chi connectivity index (χ0v) is 9.39. The number of halogens is 1. The molecular weight excluding hydrogens is 228 g/mol. The average Bonchev–Trinajstić information content (AvgIpc) is 2.73. The smallest absolute Gasteiger partial charge is 0.165 e. The van der Waals surface area contributed by atoms with Crippen LogP contribution in [0.15, 0.2) is 12.4 Å². The van der Waals surface area contributed by atoms with Gasteiger partial charge in [-0.3, -0.25) is 4.40 Å². The highest BCUT2D eigenvalue weighted by Gasteiger charge is 2.21. The lowest BCUT2D eigenvalue weighted by atomic mass is 10.0. The Kier molecular flexibility index (Phi) is 2.49. The first-order valence-electron chi connectivity index (χ1n) is 5.28. The highest BCUT2D eigenvalue weighted by molar-refractivity contribution is 6.29. The fourth-order valence-electron chi connectivity index (χ4n) is 2.01. The van der Waals surface area contributed by atoms with Crippen molar-refractivity contribution >= 4 is 17.2 Å². The predicted octanol–water partition coefficient (Wildman–Crippen LogP) is 1.67. The maximum absolute atomic E-state index is 5.80. The third-order valence-corrected chi connectivity index (χ3v) is 3.03. The lowest BCUT2D eigenvalue weighted by Crippen LogP contribution is -2.17. The van der Waals surface area contributed by atoms with Gasteiger partial charge in [-0.1, -0.05) is 11.6 Å². The Labute approximate surface area is 97.4 Å². The lowest BCUT2D eigenvalue weighted by Gasteiger charge is -2.20. The summed E-state index contributed by atoms with van der Waals surface area (Å²) in [4.78, 5) is 4.04. The molecule has 0 amide bonds. The lowest BCUT2D eigenvalue weighted by molar-refractivity contribution is 0.0777. The van der Waals surface area contributed by atoms with Crippen LogP contribution in [0.3, 0.4) is 0 Å².